The summed E-state index contributed by atoms with van der Waals surface area (Å²) < 4.78 is 13.1. The minimum absolute atomic E-state index is 0. The molecule has 7 heteroatoms. The van der Waals surface area contributed by atoms with E-state index in [1.54, 1.807) is 12.1 Å². The van der Waals surface area contributed by atoms with Gasteiger partial charge in [-0.3, -0.25) is 4.79 Å². The summed E-state index contributed by atoms with van der Waals surface area (Å²) in [6.45, 7) is 2.26. The van der Waals surface area contributed by atoms with Crippen molar-refractivity contribution in [2.45, 2.75) is 19.0 Å². The van der Waals surface area contributed by atoms with Gasteiger partial charge >= 0.3 is 0 Å². The van der Waals surface area contributed by atoms with Gasteiger partial charge in [0.25, 0.3) is 0 Å². The summed E-state index contributed by atoms with van der Waals surface area (Å²) in [7, 11) is 3.86. The average Bonchev–Trinajstić information content (AvgIpc) is 2.62. The van der Waals surface area contributed by atoms with Gasteiger partial charge in [0.1, 0.15) is 5.82 Å². The number of nitrogens with two attached hydrogens (primary N) is 1. The number of hydrogen-bond donors (Lipinski definition) is 2. The van der Waals surface area contributed by atoms with Crippen LogP contribution < -0.4 is 11.1 Å². The maximum absolute atomic E-state index is 13.1. The summed E-state index contributed by atoms with van der Waals surface area (Å²) in [5.74, 6) is -0.712. The van der Waals surface area contributed by atoms with Crippen LogP contribution in [0.2, 0.25) is 0 Å². The molecule has 0 aliphatic carbocycles. The Bertz CT molecular complexity index is 683. The molecule has 0 radical (unpaired) electrons. The monoisotopic (exact) mass is 415 g/mol. The van der Waals surface area contributed by atoms with Crippen LogP contribution in [0.3, 0.4) is 0 Å². The van der Waals surface area contributed by atoms with Crippen molar-refractivity contribution in [3.05, 3.63) is 71.5 Å². The van der Waals surface area contributed by atoms with Gasteiger partial charge in [-0.25, -0.2) is 4.39 Å². The first-order valence-electron chi connectivity index (χ1n) is 8.40. The van der Waals surface area contributed by atoms with Crippen LogP contribution in [0, 0.1) is 11.7 Å². The summed E-state index contributed by atoms with van der Waals surface area (Å²) in [5.41, 5.74) is 8.11. The molecule has 4 nitrogen and oxygen atoms in total. The molecule has 0 saturated carbocycles. The first kappa shape index (κ1) is 25.3. The predicted octanol–water partition coefficient (Wildman–Crippen LogP) is 3.72. The van der Waals surface area contributed by atoms with E-state index in [4.69, 9.17) is 5.73 Å². The molecule has 0 saturated heterocycles. The van der Waals surface area contributed by atoms with Gasteiger partial charge in [0.05, 0.1) is 12.0 Å². The fourth-order valence-electron chi connectivity index (χ4n) is 2.77. The molecular weight excluding hydrogens is 388 g/mol. The van der Waals surface area contributed by atoms with Crippen molar-refractivity contribution in [2.75, 3.05) is 20.6 Å². The number of nitrogens with zero attached hydrogens (tertiary/aromatic N) is 1. The van der Waals surface area contributed by atoms with Crippen molar-refractivity contribution >= 4 is 30.7 Å². The zero-order valence-electron chi connectivity index (χ0n) is 15.8. The fourth-order valence-corrected chi connectivity index (χ4v) is 2.77. The van der Waals surface area contributed by atoms with Gasteiger partial charge in [-0.15, -0.1) is 24.8 Å². The van der Waals surface area contributed by atoms with Crippen molar-refractivity contribution in [1.29, 1.82) is 0 Å². The Kier molecular flexibility index (Phi) is 11.2. The predicted molar refractivity (Wildman–Crippen MR) is 113 cm³/mol. The molecule has 3 atom stereocenters. The minimum Gasteiger partial charge on any atom is -0.354 e. The number of benzene rings is 2. The second kappa shape index (κ2) is 11.9. The third-order valence-electron chi connectivity index (χ3n) is 4.48. The number of amides is 1. The van der Waals surface area contributed by atoms with E-state index in [-0.39, 0.29) is 54.5 Å². The van der Waals surface area contributed by atoms with Gasteiger partial charge in [0, 0.05) is 12.6 Å². The number of rotatable bonds is 7. The van der Waals surface area contributed by atoms with Crippen LogP contribution in [0.1, 0.15) is 30.1 Å². The van der Waals surface area contributed by atoms with Crippen LogP contribution in [0.25, 0.3) is 0 Å². The summed E-state index contributed by atoms with van der Waals surface area (Å²) in [6.07, 6.45) is 0. The highest BCUT2D eigenvalue weighted by molar-refractivity contribution is 5.85. The fraction of sp³-hybridized carbons (Fsp3) is 0.350. The second-order valence-electron chi connectivity index (χ2n) is 6.50. The number of likely N-dealkylation sites (N-methyl/N-ethyl adjacent to an activating group) is 1. The van der Waals surface area contributed by atoms with Gasteiger partial charge in [-0.2, -0.15) is 0 Å². The Balaban J connectivity index is 0.00000338. The van der Waals surface area contributed by atoms with Crippen LogP contribution in [-0.4, -0.2) is 31.4 Å². The van der Waals surface area contributed by atoms with Crippen molar-refractivity contribution in [1.82, 2.24) is 10.2 Å². The molecule has 0 bridgehead atoms. The highest BCUT2D eigenvalue weighted by atomic mass is 35.5. The molecule has 0 aliphatic rings. The molecule has 2 rings (SSSR count). The zero-order chi connectivity index (χ0) is 18.4. The zero-order valence-corrected chi connectivity index (χ0v) is 17.4. The number of carbonyl (C=O) groups is 1. The Morgan fingerprint density at radius 1 is 1.04 bits per heavy atom. The van der Waals surface area contributed by atoms with Gasteiger partial charge in [-0.05, 0) is 37.4 Å². The lowest BCUT2D eigenvalue weighted by Gasteiger charge is -2.27. The molecule has 27 heavy (non-hydrogen) atoms. The molecule has 0 spiro atoms. The summed E-state index contributed by atoms with van der Waals surface area (Å²) in [4.78, 5) is 14.5. The first-order chi connectivity index (χ1) is 11.9. The Morgan fingerprint density at radius 2 is 1.59 bits per heavy atom. The lowest BCUT2D eigenvalue weighted by Crippen LogP contribution is -2.40. The quantitative estimate of drug-likeness (QED) is 0.723. The van der Waals surface area contributed by atoms with Crippen LogP contribution in [-0.2, 0) is 4.79 Å². The van der Waals surface area contributed by atoms with Crippen LogP contribution in [0.4, 0.5) is 4.39 Å². The second-order valence-corrected chi connectivity index (χ2v) is 6.50. The molecule has 3 unspecified atom stereocenters. The Hall–Kier alpha value is -1.66. The average molecular weight is 416 g/mol. The third-order valence-corrected chi connectivity index (χ3v) is 4.48. The molecule has 1 amide bonds. The number of nitrogens with one attached hydrogen (secondary N) is 1. The standard InChI is InChI=1S/C20H26FN3O.2ClH/c1-14(19(22)16-7-5-4-6-8-16)20(25)23-13-18(24(2)3)15-9-11-17(21)12-10-15;;/h4-12,14,18-19H,13,22H2,1-3H3,(H,23,25);2*1H. The molecule has 0 heterocycles. The normalized spacial score (nSPS) is 13.7. The lowest BCUT2D eigenvalue weighted by molar-refractivity contribution is -0.125. The summed E-state index contributed by atoms with van der Waals surface area (Å²) in [5, 5.41) is 2.97. The number of hydrogen-bond acceptors (Lipinski definition) is 3. The topological polar surface area (TPSA) is 58.4 Å². The van der Waals surface area contributed by atoms with Crippen molar-refractivity contribution in [3.8, 4) is 0 Å². The molecule has 0 aromatic heterocycles. The molecule has 0 aliphatic heterocycles. The van der Waals surface area contributed by atoms with Crippen molar-refractivity contribution < 1.29 is 9.18 Å². The molecular formula is C20H28Cl2FN3O. The van der Waals surface area contributed by atoms with Gasteiger partial charge in [-0.1, -0.05) is 49.4 Å². The summed E-state index contributed by atoms with van der Waals surface area (Å²) in [6, 6.07) is 15.6. The summed E-state index contributed by atoms with van der Waals surface area (Å²) >= 11 is 0. The molecule has 2 aromatic carbocycles. The SMILES string of the molecule is CC(C(=O)NCC(c1ccc(F)cc1)N(C)C)C(N)c1ccccc1.Cl.Cl. The Labute approximate surface area is 173 Å². The minimum atomic E-state index is -0.357. The van der Waals surface area contributed by atoms with E-state index in [1.165, 1.54) is 12.1 Å². The molecule has 150 valence electrons. The number of halogens is 3. The molecule has 3 N–H and O–H groups in total. The third kappa shape index (κ3) is 7.11. The number of carbonyl (C=O) groups excluding carboxylic acids is 1. The van der Waals surface area contributed by atoms with Gasteiger partial charge in [0.2, 0.25) is 5.91 Å². The van der Waals surface area contributed by atoms with E-state index in [0.29, 0.717) is 6.54 Å². The van der Waals surface area contributed by atoms with E-state index < -0.39 is 0 Å². The van der Waals surface area contributed by atoms with Gasteiger partial charge < -0.3 is 16.0 Å². The highest BCUT2D eigenvalue weighted by Gasteiger charge is 2.23. The first-order valence-corrected chi connectivity index (χ1v) is 8.40. The molecule has 0 fully saturated rings. The maximum Gasteiger partial charge on any atom is 0.224 e. The maximum atomic E-state index is 13.1. The lowest BCUT2D eigenvalue weighted by atomic mass is 9.94. The van der Waals surface area contributed by atoms with Gasteiger partial charge in [0.15, 0.2) is 0 Å². The van der Waals surface area contributed by atoms with E-state index >= 15 is 0 Å². The largest absolute Gasteiger partial charge is 0.354 e. The van der Waals surface area contributed by atoms with Crippen LogP contribution in [0.15, 0.2) is 54.6 Å². The van der Waals surface area contributed by atoms with Crippen LogP contribution in [0.5, 0.6) is 0 Å². The highest BCUT2D eigenvalue weighted by Crippen LogP contribution is 2.21. The molecule has 2 aromatic rings. The smallest absolute Gasteiger partial charge is 0.224 e. The van der Waals surface area contributed by atoms with E-state index in [1.807, 2.05) is 56.3 Å². The van der Waals surface area contributed by atoms with Crippen LogP contribution >= 0.6 is 24.8 Å². The van der Waals surface area contributed by atoms with Crippen molar-refractivity contribution in [3.63, 3.8) is 0 Å². The van der Waals surface area contributed by atoms with E-state index in [2.05, 4.69) is 5.32 Å². The van der Waals surface area contributed by atoms with E-state index in [0.717, 1.165) is 11.1 Å². The van der Waals surface area contributed by atoms with Crippen molar-refractivity contribution in [2.24, 2.45) is 11.7 Å². The van der Waals surface area contributed by atoms with E-state index in [9.17, 15) is 9.18 Å². The Morgan fingerprint density at radius 3 is 2.11 bits per heavy atom.